The smallest absolute Gasteiger partial charge is 0.257 e. The van der Waals surface area contributed by atoms with Gasteiger partial charge in [0.2, 0.25) is 0 Å². The largest absolute Gasteiger partial charge is 0.506 e. The molecule has 1 amide bonds. The number of aromatic hydroxyl groups is 1. The van der Waals surface area contributed by atoms with Gasteiger partial charge in [-0.1, -0.05) is 11.6 Å². The van der Waals surface area contributed by atoms with E-state index < -0.39 is 11.7 Å². The summed E-state index contributed by atoms with van der Waals surface area (Å²) in [5, 5.41) is 11.9. The molecule has 2 aromatic rings. The number of carbonyl (C=O) groups excluding carboxylic acids is 1. The predicted octanol–water partition coefficient (Wildman–Crippen LogP) is 3.02. The van der Waals surface area contributed by atoms with Gasteiger partial charge in [-0.3, -0.25) is 4.79 Å². The summed E-state index contributed by atoms with van der Waals surface area (Å²) in [5.41, 5.74) is 6.16. The zero-order chi connectivity index (χ0) is 14.0. The monoisotopic (exact) mass is 280 g/mol. The molecule has 0 saturated heterocycles. The molecular formula is C13H10ClFN2O2. The maximum Gasteiger partial charge on any atom is 0.257 e. The summed E-state index contributed by atoms with van der Waals surface area (Å²) < 4.78 is 12.9. The Morgan fingerprint density at radius 1 is 1.26 bits per heavy atom. The molecule has 0 spiro atoms. The van der Waals surface area contributed by atoms with E-state index in [-0.39, 0.29) is 22.0 Å². The molecule has 2 aromatic carbocycles. The third kappa shape index (κ3) is 2.95. The lowest BCUT2D eigenvalue weighted by atomic mass is 10.1. The molecule has 0 aliphatic carbocycles. The summed E-state index contributed by atoms with van der Waals surface area (Å²) in [6, 6.07) is 7.75. The second kappa shape index (κ2) is 5.16. The van der Waals surface area contributed by atoms with Gasteiger partial charge < -0.3 is 16.2 Å². The maximum absolute atomic E-state index is 12.9. The predicted molar refractivity (Wildman–Crippen MR) is 71.9 cm³/mol. The summed E-state index contributed by atoms with van der Waals surface area (Å²) in [5.74, 6) is -1.08. The number of phenols is 1. The second-order valence-electron chi connectivity index (χ2n) is 3.85. The Morgan fingerprint density at radius 3 is 2.63 bits per heavy atom. The van der Waals surface area contributed by atoms with Gasteiger partial charge in [0.1, 0.15) is 11.6 Å². The van der Waals surface area contributed by atoms with Crippen LogP contribution in [0, 0.1) is 5.82 Å². The average Bonchev–Trinajstić information content (AvgIpc) is 2.33. The van der Waals surface area contributed by atoms with Crippen LogP contribution in [0.5, 0.6) is 5.75 Å². The molecule has 6 heteroatoms. The number of halogens is 2. The summed E-state index contributed by atoms with van der Waals surface area (Å²) in [6.07, 6.45) is 0. The van der Waals surface area contributed by atoms with E-state index in [1.165, 1.54) is 24.3 Å². The van der Waals surface area contributed by atoms with Gasteiger partial charge in [0.25, 0.3) is 5.91 Å². The van der Waals surface area contributed by atoms with Crippen molar-refractivity contribution in [2.75, 3.05) is 11.1 Å². The molecule has 98 valence electrons. The Balaban J connectivity index is 2.23. The van der Waals surface area contributed by atoms with Crippen LogP contribution in [0.2, 0.25) is 5.02 Å². The molecule has 0 atom stereocenters. The Bertz CT molecular complexity index is 647. The minimum Gasteiger partial charge on any atom is -0.506 e. The van der Waals surface area contributed by atoms with Gasteiger partial charge in [-0.15, -0.1) is 0 Å². The van der Waals surface area contributed by atoms with Crippen molar-refractivity contribution in [1.82, 2.24) is 0 Å². The number of benzene rings is 2. The van der Waals surface area contributed by atoms with Crippen LogP contribution < -0.4 is 11.1 Å². The molecule has 0 aromatic heterocycles. The van der Waals surface area contributed by atoms with Crippen LogP contribution >= 0.6 is 11.6 Å². The average molecular weight is 281 g/mol. The summed E-state index contributed by atoms with van der Waals surface area (Å²) in [4.78, 5) is 11.9. The lowest BCUT2D eigenvalue weighted by Gasteiger charge is -2.08. The van der Waals surface area contributed by atoms with Crippen molar-refractivity contribution in [2.45, 2.75) is 0 Å². The number of anilines is 2. The van der Waals surface area contributed by atoms with Gasteiger partial charge in [-0.2, -0.15) is 0 Å². The number of rotatable bonds is 2. The van der Waals surface area contributed by atoms with Crippen LogP contribution in [0.3, 0.4) is 0 Å². The van der Waals surface area contributed by atoms with Crippen molar-refractivity contribution >= 4 is 28.9 Å². The number of hydrogen-bond donors (Lipinski definition) is 3. The van der Waals surface area contributed by atoms with Gasteiger partial charge in [0, 0.05) is 11.4 Å². The zero-order valence-electron chi connectivity index (χ0n) is 9.65. The Labute approximate surface area is 113 Å². The van der Waals surface area contributed by atoms with E-state index in [1.807, 2.05) is 0 Å². The fourth-order valence-electron chi connectivity index (χ4n) is 1.52. The van der Waals surface area contributed by atoms with E-state index in [1.54, 1.807) is 0 Å². The Morgan fingerprint density at radius 2 is 2.00 bits per heavy atom. The fourth-order valence-corrected chi connectivity index (χ4v) is 1.70. The third-order valence-corrected chi connectivity index (χ3v) is 2.77. The minimum atomic E-state index is -0.512. The molecule has 4 N–H and O–H groups in total. The van der Waals surface area contributed by atoms with E-state index >= 15 is 0 Å². The highest BCUT2D eigenvalue weighted by Crippen LogP contribution is 2.26. The van der Waals surface area contributed by atoms with Gasteiger partial charge in [-0.25, -0.2) is 4.39 Å². The molecule has 4 nitrogen and oxygen atoms in total. The van der Waals surface area contributed by atoms with Crippen LogP contribution in [0.15, 0.2) is 36.4 Å². The van der Waals surface area contributed by atoms with Gasteiger partial charge in [0.15, 0.2) is 0 Å². The van der Waals surface area contributed by atoms with Crippen LogP contribution in [-0.4, -0.2) is 11.0 Å². The Kier molecular flexibility index (Phi) is 3.57. The maximum atomic E-state index is 12.9. The standard InChI is InChI=1S/C13H10ClFN2O2/c14-10-6-8(2-4-12(10)18)17-13(19)9-3-1-7(15)5-11(9)16/h1-6,18H,16H2,(H,17,19). The zero-order valence-corrected chi connectivity index (χ0v) is 10.4. The molecule has 0 aliphatic rings. The molecule has 0 saturated carbocycles. The van der Waals surface area contributed by atoms with Crippen LogP contribution in [0.25, 0.3) is 0 Å². The summed E-state index contributed by atoms with van der Waals surface area (Å²) in [7, 11) is 0. The van der Waals surface area contributed by atoms with Gasteiger partial charge in [0.05, 0.1) is 10.6 Å². The molecule has 0 aliphatic heterocycles. The van der Waals surface area contributed by atoms with Gasteiger partial charge >= 0.3 is 0 Å². The minimum absolute atomic E-state index is 0.0439. The number of phenolic OH excluding ortho intramolecular Hbond substituents is 1. The van der Waals surface area contributed by atoms with E-state index in [4.69, 9.17) is 17.3 Å². The summed E-state index contributed by atoms with van der Waals surface area (Å²) in [6.45, 7) is 0. The van der Waals surface area contributed by atoms with Crippen molar-refractivity contribution in [1.29, 1.82) is 0 Å². The first-order valence-electron chi connectivity index (χ1n) is 5.32. The van der Waals surface area contributed by atoms with E-state index in [0.29, 0.717) is 5.69 Å². The van der Waals surface area contributed by atoms with Crippen molar-refractivity contribution in [3.63, 3.8) is 0 Å². The lowest BCUT2D eigenvalue weighted by molar-refractivity contribution is 0.102. The lowest BCUT2D eigenvalue weighted by Crippen LogP contribution is -2.14. The number of nitrogen functional groups attached to an aromatic ring is 1. The number of nitrogens with two attached hydrogens (primary N) is 1. The Hall–Kier alpha value is -2.27. The van der Waals surface area contributed by atoms with Crippen LogP contribution in [0.4, 0.5) is 15.8 Å². The molecule has 0 fully saturated rings. The SMILES string of the molecule is Nc1cc(F)ccc1C(=O)Nc1ccc(O)c(Cl)c1. The number of amides is 1. The van der Waals surface area contributed by atoms with Crippen molar-refractivity contribution in [3.05, 3.63) is 52.8 Å². The quantitative estimate of drug-likeness (QED) is 0.585. The molecular weight excluding hydrogens is 271 g/mol. The molecule has 0 bridgehead atoms. The highest BCUT2D eigenvalue weighted by molar-refractivity contribution is 6.32. The van der Waals surface area contributed by atoms with Crippen molar-refractivity contribution in [3.8, 4) is 5.75 Å². The molecule has 19 heavy (non-hydrogen) atoms. The third-order valence-electron chi connectivity index (χ3n) is 2.46. The topological polar surface area (TPSA) is 75.4 Å². The van der Waals surface area contributed by atoms with E-state index in [2.05, 4.69) is 5.32 Å². The molecule has 0 radical (unpaired) electrons. The van der Waals surface area contributed by atoms with Crippen LogP contribution in [-0.2, 0) is 0 Å². The molecule has 0 unspecified atom stereocenters. The fraction of sp³-hybridized carbons (Fsp3) is 0. The first-order valence-corrected chi connectivity index (χ1v) is 5.70. The number of carbonyl (C=O) groups is 1. The number of nitrogens with one attached hydrogen (secondary N) is 1. The van der Waals surface area contributed by atoms with Gasteiger partial charge in [-0.05, 0) is 36.4 Å². The van der Waals surface area contributed by atoms with Crippen LogP contribution in [0.1, 0.15) is 10.4 Å². The van der Waals surface area contributed by atoms with E-state index in [0.717, 1.165) is 12.1 Å². The second-order valence-corrected chi connectivity index (χ2v) is 4.26. The number of hydrogen-bond acceptors (Lipinski definition) is 3. The molecule has 2 rings (SSSR count). The highest BCUT2D eigenvalue weighted by Gasteiger charge is 2.11. The van der Waals surface area contributed by atoms with Crippen molar-refractivity contribution < 1.29 is 14.3 Å². The highest BCUT2D eigenvalue weighted by atomic mass is 35.5. The normalized spacial score (nSPS) is 10.2. The first-order chi connectivity index (χ1) is 8.97. The summed E-state index contributed by atoms with van der Waals surface area (Å²) >= 11 is 5.72. The van der Waals surface area contributed by atoms with E-state index in [9.17, 15) is 14.3 Å². The van der Waals surface area contributed by atoms with Crippen molar-refractivity contribution in [2.24, 2.45) is 0 Å². The first kappa shape index (κ1) is 13.2. The molecule has 0 heterocycles.